The van der Waals surface area contributed by atoms with Gasteiger partial charge in [0.2, 0.25) is 5.91 Å². The largest absolute Gasteiger partial charge is 0.348 e. The van der Waals surface area contributed by atoms with E-state index in [0.29, 0.717) is 0 Å². The molecule has 1 heterocycles. The van der Waals surface area contributed by atoms with Crippen LogP contribution in [-0.2, 0) is 4.79 Å². The summed E-state index contributed by atoms with van der Waals surface area (Å²) in [4.78, 5) is 15.9. The summed E-state index contributed by atoms with van der Waals surface area (Å²) in [5, 5.41) is 2.91. The van der Waals surface area contributed by atoms with Crippen molar-refractivity contribution in [1.82, 2.24) is 10.3 Å². The molecule has 1 amide bonds. The Morgan fingerprint density at radius 2 is 2.17 bits per heavy atom. The van der Waals surface area contributed by atoms with Crippen LogP contribution >= 0.6 is 12.4 Å². The van der Waals surface area contributed by atoms with Gasteiger partial charge in [0.25, 0.3) is 0 Å². The predicted octanol–water partition coefficient (Wildman–Crippen LogP) is 2.05. The van der Waals surface area contributed by atoms with Crippen LogP contribution in [0, 0.1) is 5.92 Å². The van der Waals surface area contributed by atoms with Gasteiger partial charge < -0.3 is 11.1 Å². The Balaban J connectivity index is 0.00000289. The highest BCUT2D eigenvalue weighted by molar-refractivity contribution is 5.85. The van der Waals surface area contributed by atoms with E-state index < -0.39 is 6.04 Å². The van der Waals surface area contributed by atoms with Crippen LogP contribution in [0.4, 0.5) is 0 Å². The lowest BCUT2D eigenvalue weighted by molar-refractivity contribution is -0.124. The maximum atomic E-state index is 11.9. The van der Waals surface area contributed by atoms with E-state index in [1.165, 1.54) is 0 Å². The fourth-order valence-electron chi connectivity index (χ4n) is 1.54. The Hall–Kier alpha value is -1.13. The molecule has 102 valence electrons. The van der Waals surface area contributed by atoms with Gasteiger partial charge in [-0.1, -0.05) is 26.3 Å². The molecule has 4 nitrogen and oxygen atoms in total. The highest BCUT2D eigenvalue weighted by Gasteiger charge is 2.21. The van der Waals surface area contributed by atoms with Gasteiger partial charge in [0, 0.05) is 12.4 Å². The third-order valence-electron chi connectivity index (χ3n) is 3.10. The number of carbonyl (C=O) groups is 1. The first-order valence-corrected chi connectivity index (χ1v) is 6.02. The Morgan fingerprint density at radius 1 is 1.50 bits per heavy atom. The van der Waals surface area contributed by atoms with Crippen molar-refractivity contribution in [3.8, 4) is 0 Å². The molecule has 18 heavy (non-hydrogen) atoms. The minimum absolute atomic E-state index is 0. The van der Waals surface area contributed by atoms with Crippen molar-refractivity contribution in [3.05, 3.63) is 30.1 Å². The van der Waals surface area contributed by atoms with Crippen molar-refractivity contribution in [1.29, 1.82) is 0 Å². The fraction of sp³-hybridized carbons (Fsp3) is 0.538. The summed E-state index contributed by atoms with van der Waals surface area (Å²) < 4.78 is 0. The van der Waals surface area contributed by atoms with Crippen molar-refractivity contribution in [2.75, 3.05) is 0 Å². The smallest absolute Gasteiger partial charge is 0.237 e. The number of nitrogens with zero attached hydrogens (tertiary/aromatic N) is 1. The van der Waals surface area contributed by atoms with Crippen LogP contribution in [0.2, 0.25) is 0 Å². The first kappa shape index (κ1) is 16.9. The second kappa shape index (κ2) is 8.06. The number of amides is 1. The number of nitrogens with two attached hydrogens (primary N) is 1. The number of rotatable bonds is 5. The molecule has 0 saturated heterocycles. The molecule has 1 aromatic rings. The van der Waals surface area contributed by atoms with E-state index in [4.69, 9.17) is 5.73 Å². The molecule has 0 fully saturated rings. The lowest BCUT2D eigenvalue weighted by Gasteiger charge is -2.21. The molecule has 0 aliphatic heterocycles. The van der Waals surface area contributed by atoms with E-state index in [9.17, 15) is 4.79 Å². The second-order valence-electron chi connectivity index (χ2n) is 4.43. The number of nitrogens with one attached hydrogen (secondary N) is 1. The number of hydrogen-bond acceptors (Lipinski definition) is 3. The first-order valence-electron chi connectivity index (χ1n) is 6.02. The standard InChI is InChI=1S/C13H21N3O.ClH/c1-4-9(2)12(14)13(17)16-10(3)11-6-5-7-15-8-11;/h5-10,12H,4,14H2,1-3H3,(H,16,17);1H. The van der Waals surface area contributed by atoms with Crippen LogP contribution in [0.15, 0.2) is 24.5 Å². The van der Waals surface area contributed by atoms with Gasteiger partial charge in [-0.2, -0.15) is 0 Å². The molecule has 1 rings (SSSR count). The van der Waals surface area contributed by atoms with Gasteiger partial charge in [-0.25, -0.2) is 0 Å². The minimum atomic E-state index is -0.445. The molecule has 3 atom stereocenters. The summed E-state index contributed by atoms with van der Waals surface area (Å²) in [5.74, 6) is 0.0896. The number of halogens is 1. The Kier molecular flexibility index (Phi) is 7.55. The van der Waals surface area contributed by atoms with Crippen LogP contribution in [0.25, 0.3) is 0 Å². The van der Waals surface area contributed by atoms with E-state index in [-0.39, 0.29) is 30.3 Å². The molecule has 5 heteroatoms. The Morgan fingerprint density at radius 3 is 2.67 bits per heavy atom. The third kappa shape index (κ3) is 4.63. The van der Waals surface area contributed by atoms with Gasteiger partial charge in [-0.3, -0.25) is 9.78 Å². The predicted molar refractivity (Wildman–Crippen MR) is 75.5 cm³/mol. The van der Waals surface area contributed by atoms with E-state index >= 15 is 0 Å². The van der Waals surface area contributed by atoms with Crippen molar-refractivity contribution < 1.29 is 4.79 Å². The molecule has 0 radical (unpaired) electrons. The zero-order valence-electron chi connectivity index (χ0n) is 11.1. The van der Waals surface area contributed by atoms with E-state index in [1.807, 2.05) is 32.9 Å². The number of aromatic nitrogens is 1. The molecular weight excluding hydrogens is 250 g/mol. The monoisotopic (exact) mass is 271 g/mol. The SMILES string of the molecule is CCC(C)C(N)C(=O)NC(C)c1cccnc1.Cl. The maximum Gasteiger partial charge on any atom is 0.237 e. The summed E-state index contributed by atoms with van der Waals surface area (Å²) in [6.45, 7) is 5.94. The van der Waals surface area contributed by atoms with Gasteiger partial charge in [-0.15, -0.1) is 12.4 Å². The highest BCUT2D eigenvalue weighted by atomic mass is 35.5. The zero-order valence-corrected chi connectivity index (χ0v) is 11.9. The fourth-order valence-corrected chi connectivity index (χ4v) is 1.54. The quantitative estimate of drug-likeness (QED) is 0.861. The van der Waals surface area contributed by atoms with Crippen molar-refractivity contribution in [3.63, 3.8) is 0 Å². The van der Waals surface area contributed by atoms with E-state index in [2.05, 4.69) is 10.3 Å². The van der Waals surface area contributed by atoms with Gasteiger partial charge in [0.05, 0.1) is 12.1 Å². The molecule has 0 saturated carbocycles. The lowest BCUT2D eigenvalue weighted by atomic mass is 9.99. The van der Waals surface area contributed by atoms with Crippen molar-refractivity contribution in [2.24, 2.45) is 11.7 Å². The highest BCUT2D eigenvalue weighted by Crippen LogP contribution is 2.11. The minimum Gasteiger partial charge on any atom is -0.348 e. The lowest BCUT2D eigenvalue weighted by Crippen LogP contribution is -2.45. The zero-order chi connectivity index (χ0) is 12.8. The molecule has 0 aromatic carbocycles. The summed E-state index contributed by atoms with van der Waals surface area (Å²) >= 11 is 0. The van der Waals surface area contributed by atoms with Crippen LogP contribution < -0.4 is 11.1 Å². The summed E-state index contributed by atoms with van der Waals surface area (Å²) in [5.41, 5.74) is 6.85. The Labute approximate surface area is 115 Å². The van der Waals surface area contributed by atoms with Gasteiger partial charge in [0.15, 0.2) is 0 Å². The molecular formula is C13H22ClN3O. The number of carbonyl (C=O) groups excluding carboxylic acids is 1. The van der Waals surface area contributed by atoms with E-state index in [1.54, 1.807) is 12.4 Å². The van der Waals surface area contributed by atoms with Crippen molar-refractivity contribution >= 4 is 18.3 Å². The van der Waals surface area contributed by atoms with Gasteiger partial charge >= 0.3 is 0 Å². The number of pyridine rings is 1. The normalized spacial score (nSPS) is 15.1. The summed E-state index contributed by atoms with van der Waals surface area (Å²) in [6, 6.07) is 3.28. The molecule has 0 spiro atoms. The average molecular weight is 272 g/mol. The first-order chi connectivity index (χ1) is 8.06. The van der Waals surface area contributed by atoms with Crippen molar-refractivity contribution in [2.45, 2.75) is 39.3 Å². The Bertz CT molecular complexity index is 359. The molecule has 3 N–H and O–H groups in total. The van der Waals surface area contributed by atoms with E-state index in [0.717, 1.165) is 12.0 Å². The van der Waals surface area contributed by atoms with Crippen LogP contribution in [0.1, 0.15) is 38.8 Å². The average Bonchev–Trinajstić information content (AvgIpc) is 2.37. The van der Waals surface area contributed by atoms with Crippen LogP contribution in [-0.4, -0.2) is 16.9 Å². The second-order valence-corrected chi connectivity index (χ2v) is 4.43. The van der Waals surface area contributed by atoms with Gasteiger partial charge in [-0.05, 0) is 24.5 Å². The molecule has 1 aromatic heterocycles. The molecule has 0 aliphatic rings. The summed E-state index contributed by atoms with van der Waals surface area (Å²) in [6.07, 6.45) is 4.36. The number of hydrogen-bond donors (Lipinski definition) is 2. The topological polar surface area (TPSA) is 68.0 Å². The van der Waals surface area contributed by atoms with Crippen LogP contribution in [0.5, 0.6) is 0 Å². The molecule has 0 aliphatic carbocycles. The maximum absolute atomic E-state index is 11.9. The summed E-state index contributed by atoms with van der Waals surface area (Å²) in [7, 11) is 0. The molecule has 3 unspecified atom stereocenters. The third-order valence-corrected chi connectivity index (χ3v) is 3.10. The van der Waals surface area contributed by atoms with Crippen LogP contribution in [0.3, 0.4) is 0 Å². The molecule has 0 bridgehead atoms. The van der Waals surface area contributed by atoms with Gasteiger partial charge in [0.1, 0.15) is 0 Å².